The topological polar surface area (TPSA) is 94.6 Å². The van der Waals surface area contributed by atoms with Crippen LogP contribution in [-0.4, -0.2) is 12.6 Å². The summed E-state index contributed by atoms with van der Waals surface area (Å²) >= 11 is 9.37. The Bertz CT molecular complexity index is 1270. The van der Waals surface area contributed by atoms with Crippen LogP contribution < -0.4 is 19.9 Å². The average Bonchev–Trinajstić information content (AvgIpc) is 2.76. The highest BCUT2D eigenvalue weighted by molar-refractivity contribution is 9.10. The maximum absolute atomic E-state index is 12.2. The smallest absolute Gasteiger partial charge is 0.349 e. The fourth-order valence-electron chi connectivity index (χ4n) is 3.39. The first-order valence-electron chi connectivity index (χ1n) is 9.50. The molecule has 0 spiro atoms. The Morgan fingerprint density at radius 2 is 1.94 bits per heavy atom. The largest absolute Gasteiger partial charge is 0.482 e. The van der Waals surface area contributed by atoms with E-state index in [0.717, 1.165) is 15.6 Å². The number of rotatable bonds is 5. The quantitative estimate of drug-likeness (QED) is 0.369. The summed E-state index contributed by atoms with van der Waals surface area (Å²) in [4.78, 5) is 12.2. The van der Waals surface area contributed by atoms with Crippen molar-refractivity contribution in [2.24, 2.45) is 5.73 Å². The molecular weight excluding hydrogens is 496 g/mol. The summed E-state index contributed by atoms with van der Waals surface area (Å²) < 4.78 is 17.3. The van der Waals surface area contributed by atoms with Crippen molar-refractivity contribution in [3.63, 3.8) is 0 Å². The van der Waals surface area contributed by atoms with Gasteiger partial charge in [0.2, 0.25) is 5.88 Å². The number of fused-ring (bicyclic) bond motifs is 1. The lowest BCUT2D eigenvalue weighted by atomic mass is 9.83. The van der Waals surface area contributed by atoms with E-state index >= 15 is 0 Å². The average molecular weight is 512 g/mol. The maximum atomic E-state index is 12.2. The molecule has 1 aliphatic heterocycles. The minimum absolute atomic E-state index is 0.0118. The van der Waals surface area contributed by atoms with E-state index in [4.69, 9.17) is 31.5 Å². The Kier molecular flexibility index (Phi) is 6.35. The Morgan fingerprint density at radius 1 is 1.12 bits per heavy atom. The van der Waals surface area contributed by atoms with Crippen molar-refractivity contribution in [3.05, 3.63) is 98.8 Å². The van der Waals surface area contributed by atoms with Gasteiger partial charge in [-0.1, -0.05) is 51.8 Å². The van der Waals surface area contributed by atoms with Gasteiger partial charge in [0.25, 0.3) is 0 Å². The summed E-state index contributed by atoms with van der Waals surface area (Å²) in [6.45, 7) is -0.292. The van der Waals surface area contributed by atoms with E-state index in [1.807, 2.05) is 24.3 Å². The molecule has 0 aliphatic carbocycles. The highest BCUT2D eigenvalue weighted by Gasteiger charge is 2.31. The third kappa shape index (κ3) is 4.72. The molecule has 1 aliphatic rings. The number of allylic oxidation sites excluding steroid dienone is 1. The highest BCUT2D eigenvalue weighted by Crippen LogP contribution is 2.43. The van der Waals surface area contributed by atoms with Crippen LogP contribution in [0.15, 0.2) is 82.7 Å². The van der Waals surface area contributed by atoms with E-state index < -0.39 is 11.9 Å². The summed E-state index contributed by atoms with van der Waals surface area (Å²) in [7, 11) is 0. The van der Waals surface area contributed by atoms with Crippen LogP contribution in [0.25, 0.3) is 0 Å². The van der Waals surface area contributed by atoms with Gasteiger partial charge < -0.3 is 19.9 Å². The molecule has 32 heavy (non-hydrogen) atoms. The SMILES string of the molecule is N#CC1=C(N)Oc2cc(OC(=O)COc3cccc(Cl)c3)ccc2C1c1cccc(Br)c1. The standard InChI is InChI=1S/C24H16BrClN2O4/c25-15-4-1-3-14(9-15)23-19-8-7-18(11-21(19)32-24(28)20(23)12-27)31-22(29)13-30-17-6-2-5-16(26)10-17/h1-11,23H,13,28H2. The molecule has 1 heterocycles. The molecule has 0 saturated heterocycles. The van der Waals surface area contributed by atoms with Crippen LogP contribution in [0.2, 0.25) is 5.02 Å². The molecule has 1 atom stereocenters. The number of hydrogen-bond donors (Lipinski definition) is 1. The third-order valence-corrected chi connectivity index (χ3v) is 5.49. The first-order valence-corrected chi connectivity index (χ1v) is 10.7. The molecule has 0 fully saturated rings. The van der Waals surface area contributed by atoms with Crippen LogP contribution in [-0.2, 0) is 4.79 Å². The van der Waals surface area contributed by atoms with E-state index in [1.165, 1.54) is 0 Å². The molecular formula is C24H16BrClN2O4. The van der Waals surface area contributed by atoms with Gasteiger partial charge in [0.1, 0.15) is 28.9 Å². The Labute approximate surface area is 197 Å². The zero-order chi connectivity index (χ0) is 22.7. The van der Waals surface area contributed by atoms with Gasteiger partial charge in [0, 0.05) is 21.1 Å². The summed E-state index contributed by atoms with van der Waals surface area (Å²) in [6.07, 6.45) is 0. The number of ether oxygens (including phenoxy) is 3. The minimum Gasteiger partial charge on any atom is -0.482 e. The van der Waals surface area contributed by atoms with E-state index in [1.54, 1.807) is 42.5 Å². The lowest BCUT2D eigenvalue weighted by molar-refractivity contribution is -0.136. The Balaban J connectivity index is 1.55. The summed E-state index contributed by atoms with van der Waals surface area (Å²) in [6, 6.07) is 21.5. The highest BCUT2D eigenvalue weighted by atomic mass is 79.9. The van der Waals surface area contributed by atoms with Gasteiger partial charge in [0.05, 0.1) is 5.92 Å². The molecule has 4 rings (SSSR count). The fourth-order valence-corrected chi connectivity index (χ4v) is 3.99. The van der Waals surface area contributed by atoms with Crippen LogP contribution in [0.3, 0.4) is 0 Å². The van der Waals surface area contributed by atoms with Crippen molar-refractivity contribution < 1.29 is 19.0 Å². The van der Waals surface area contributed by atoms with Crippen LogP contribution >= 0.6 is 27.5 Å². The molecule has 0 radical (unpaired) electrons. The minimum atomic E-state index is -0.592. The molecule has 3 aromatic carbocycles. The monoisotopic (exact) mass is 510 g/mol. The fraction of sp³-hybridized carbons (Fsp3) is 0.0833. The molecule has 1 unspecified atom stereocenters. The number of benzene rings is 3. The summed E-state index contributed by atoms with van der Waals surface area (Å²) in [5, 5.41) is 10.2. The zero-order valence-electron chi connectivity index (χ0n) is 16.5. The van der Waals surface area contributed by atoms with E-state index in [-0.39, 0.29) is 18.2 Å². The van der Waals surface area contributed by atoms with Crippen molar-refractivity contribution in [1.29, 1.82) is 5.26 Å². The second kappa shape index (κ2) is 9.35. The second-order valence-electron chi connectivity index (χ2n) is 6.90. The number of carbonyl (C=O) groups is 1. The lowest BCUT2D eigenvalue weighted by Crippen LogP contribution is -2.21. The van der Waals surface area contributed by atoms with Gasteiger partial charge in [-0.05, 0) is 42.0 Å². The van der Waals surface area contributed by atoms with Gasteiger partial charge in [-0.15, -0.1) is 0 Å². The molecule has 6 nitrogen and oxygen atoms in total. The van der Waals surface area contributed by atoms with Gasteiger partial charge in [-0.2, -0.15) is 5.26 Å². The number of nitrogens with zero attached hydrogens (tertiary/aromatic N) is 1. The molecule has 8 heteroatoms. The van der Waals surface area contributed by atoms with Gasteiger partial charge in [-0.3, -0.25) is 0 Å². The van der Waals surface area contributed by atoms with E-state index in [9.17, 15) is 10.1 Å². The van der Waals surface area contributed by atoms with E-state index in [2.05, 4.69) is 22.0 Å². The number of hydrogen-bond acceptors (Lipinski definition) is 6. The Morgan fingerprint density at radius 3 is 2.69 bits per heavy atom. The molecule has 0 bridgehead atoms. The zero-order valence-corrected chi connectivity index (χ0v) is 18.9. The van der Waals surface area contributed by atoms with E-state index in [0.29, 0.717) is 22.1 Å². The van der Waals surface area contributed by atoms with Crippen LogP contribution in [0.1, 0.15) is 17.0 Å². The number of carbonyl (C=O) groups excluding carboxylic acids is 1. The first kappa shape index (κ1) is 21.8. The number of esters is 1. The Hall–Kier alpha value is -3.47. The van der Waals surface area contributed by atoms with Gasteiger partial charge in [0.15, 0.2) is 6.61 Å². The van der Waals surface area contributed by atoms with Crippen LogP contribution in [0.5, 0.6) is 17.2 Å². The molecule has 0 aromatic heterocycles. The number of nitrogens with two attached hydrogens (primary N) is 1. The summed E-state index contributed by atoms with van der Waals surface area (Å²) in [5.74, 6) is 0.152. The molecule has 3 aromatic rings. The molecule has 2 N–H and O–H groups in total. The van der Waals surface area contributed by atoms with Gasteiger partial charge >= 0.3 is 5.97 Å². The van der Waals surface area contributed by atoms with Crippen molar-refractivity contribution in [2.45, 2.75) is 5.92 Å². The van der Waals surface area contributed by atoms with Gasteiger partial charge in [-0.25, -0.2) is 4.79 Å². The molecule has 0 saturated carbocycles. The molecule has 160 valence electrons. The third-order valence-electron chi connectivity index (χ3n) is 4.76. The normalized spacial score (nSPS) is 14.7. The maximum Gasteiger partial charge on any atom is 0.349 e. The summed E-state index contributed by atoms with van der Waals surface area (Å²) in [5.41, 5.74) is 7.96. The lowest BCUT2D eigenvalue weighted by Gasteiger charge is -2.26. The first-order chi connectivity index (χ1) is 15.4. The van der Waals surface area contributed by atoms with Crippen molar-refractivity contribution in [3.8, 4) is 23.3 Å². The number of halogens is 2. The predicted molar refractivity (Wildman–Crippen MR) is 122 cm³/mol. The number of nitriles is 1. The van der Waals surface area contributed by atoms with Crippen molar-refractivity contribution in [2.75, 3.05) is 6.61 Å². The predicted octanol–water partition coefficient (Wildman–Crippen LogP) is 5.31. The van der Waals surface area contributed by atoms with Crippen molar-refractivity contribution >= 4 is 33.5 Å². The molecule has 0 amide bonds. The van der Waals surface area contributed by atoms with Crippen LogP contribution in [0, 0.1) is 11.3 Å². The van der Waals surface area contributed by atoms with Crippen LogP contribution in [0.4, 0.5) is 0 Å². The van der Waals surface area contributed by atoms with Crippen molar-refractivity contribution in [1.82, 2.24) is 0 Å². The second-order valence-corrected chi connectivity index (χ2v) is 8.25.